The Morgan fingerprint density at radius 2 is 1.04 bits per heavy atom. The van der Waals surface area contributed by atoms with Crippen LogP contribution in [-0.2, 0) is 6.61 Å². The van der Waals surface area contributed by atoms with Crippen LogP contribution in [0.15, 0.2) is 231 Å². The first kappa shape index (κ1) is 40.4. The first-order valence-electron chi connectivity index (χ1n) is 24.8. The molecule has 6 heteroatoms. The maximum Gasteiger partial charge on any atom is 0.161 e. The minimum atomic E-state index is 0.547. The van der Waals surface area contributed by atoms with Crippen LogP contribution in [0.1, 0.15) is 5.56 Å². The Hall–Kier alpha value is -9.36. The van der Waals surface area contributed by atoms with Crippen molar-refractivity contribution in [2.45, 2.75) is 6.61 Å². The number of para-hydroxylation sites is 2. The van der Waals surface area contributed by atoms with E-state index in [1.807, 2.05) is 11.3 Å². The lowest BCUT2D eigenvalue weighted by Crippen LogP contribution is -2.05. The molecule has 5 heterocycles. The van der Waals surface area contributed by atoms with Crippen molar-refractivity contribution >= 4 is 96.7 Å². The number of rotatable bonds is 5. The fourth-order valence-electron chi connectivity index (χ4n) is 11.8. The van der Waals surface area contributed by atoms with Crippen LogP contribution in [0.4, 0.5) is 0 Å². The number of benzene rings is 11. The second-order valence-corrected chi connectivity index (χ2v) is 20.3. The summed E-state index contributed by atoms with van der Waals surface area (Å²) in [6, 6.07) is 83.7. The van der Waals surface area contributed by atoms with Crippen molar-refractivity contribution in [1.29, 1.82) is 0 Å². The molecule has 16 rings (SSSR count). The van der Waals surface area contributed by atoms with Gasteiger partial charge in [0.15, 0.2) is 5.82 Å². The lowest BCUT2D eigenvalue weighted by molar-refractivity contribution is 0.302. The van der Waals surface area contributed by atoms with Crippen LogP contribution in [0.5, 0.6) is 5.75 Å². The van der Waals surface area contributed by atoms with Crippen molar-refractivity contribution in [3.8, 4) is 62.2 Å². The Kier molecular flexibility index (Phi) is 8.61. The summed E-state index contributed by atoms with van der Waals surface area (Å²) in [7, 11) is 0. The molecule has 0 saturated carbocycles. The third-order valence-corrected chi connectivity index (χ3v) is 16.3. The summed E-state index contributed by atoms with van der Waals surface area (Å²) in [6.07, 6.45) is 0. The zero-order valence-corrected chi connectivity index (χ0v) is 40.1. The highest BCUT2D eigenvalue weighted by atomic mass is 32.1. The molecule has 5 nitrogen and oxygen atoms in total. The molecule has 15 aromatic rings. The minimum absolute atomic E-state index is 0.547. The first-order valence-corrected chi connectivity index (χ1v) is 25.6. The van der Waals surface area contributed by atoms with Gasteiger partial charge in [-0.3, -0.25) is 0 Å². The zero-order chi connectivity index (χ0) is 47.7. The molecule has 4 aromatic heterocycles. The first-order chi connectivity index (χ1) is 36.2. The van der Waals surface area contributed by atoms with Gasteiger partial charge in [0.25, 0.3) is 0 Å². The van der Waals surface area contributed by atoms with Gasteiger partial charge in [0.2, 0.25) is 0 Å². The van der Waals surface area contributed by atoms with E-state index in [-0.39, 0.29) is 0 Å². The third-order valence-electron chi connectivity index (χ3n) is 15.2. The lowest BCUT2D eigenvalue weighted by atomic mass is 9.94. The molecule has 0 radical (unpaired) electrons. The molecule has 1 aliphatic heterocycles. The van der Waals surface area contributed by atoms with E-state index in [0.29, 0.717) is 12.4 Å². The summed E-state index contributed by atoms with van der Waals surface area (Å²) >= 11 is 1.83. The maximum absolute atomic E-state index is 6.34. The maximum atomic E-state index is 6.34. The molecule has 0 atom stereocenters. The van der Waals surface area contributed by atoms with Crippen molar-refractivity contribution in [2.75, 3.05) is 0 Å². The molecule has 1 aliphatic rings. The molecule has 340 valence electrons. The molecule has 73 heavy (non-hydrogen) atoms. The van der Waals surface area contributed by atoms with Gasteiger partial charge < -0.3 is 13.9 Å². The lowest BCUT2D eigenvalue weighted by Gasteiger charge is -2.21. The Morgan fingerprint density at radius 1 is 0.370 bits per heavy atom. The monoisotopic (exact) mass is 948 g/mol. The van der Waals surface area contributed by atoms with Gasteiger partial charge >= 0.3 is 0 Å². The van der Waals surface area contributed by atoms with Gasteiger partial charge in [0, 0.05) is 75.3 Å². The number of hydrogen-bond donors (Lipinski definition) is 0. The van der Waals surface area contributed by atoms with Crippen molar-refractivity contribution in [3.05, 3.63) is 236 Å². The SMILES string of the molecule is c1ccc(-n2c3ccccc3c3ccc(-c4cc(-c5ccc6c(c5)-c5ccccc5CO6)nc(-c5cc(-n6c7cc8ccccc8cc7c7c8ccccc8ccc76)cc6sc7ccccc7c56)n4)cc32)cc1. The highest BCUT2D eigenvalue weighted by molar-refractivity contribution is 7.26. The average Bonchev–Trinajstić information content (AvgIpc) is 4.12. The predicted molar refractivity (Wildman–Crippen MR) is 305 cm³/mol. The summed E-state index contributed by atoms with van der Waals surface area (Å²) in [4.78, 5) is 11.4. The second kappa shape index (κ2) is 15.6. The van der Waals surface area contributed by atoms with Crippen molar-refractivity contribution in [1.82, 2.24) is 19.1 Å². The highest BCUT2D eigenvalue weighted by Gasteiger charge is 2.24. The number of nitrogens with zero attached hydrogens (tertiary/aromatic N) is 4. The highest BCUT2D eigenvalue weighted by Crippen LogP contribution is 2.46. The van der Waals surface area contributed by atoms with Crippen LogP contribution in [0.3, 0.4) is 0 Å². The number of ether oxygens (including phenoxy) is 1. The van der Waals surface area contributed by atoms with Gasteiger partial charge in [-0.2, -0.15) is 0 Å². The Balaban J connectivity index is 0.994. The van der Waals surface area contributed by atoms with Gasteiger partial charge in [0.05, 0.1) is 33.5 Å². The van der Waals surface area contributed by atoms with Crippen molar-refractivity contribution in [2.24, 2.45) is 0 Å². The Labute approximate surface area is 423 Å². The third kappa shape index (κ3) is 6.14. The molecule has 0 amide bonds. The topological polar surface area (TPSA) is 44.9 Å². The van der Waals surface area contributed by atoms with Gasteiger partial charge in [-0.1, -0.05) is 146 Å². The molecule has 11 aromatic carbocycles. The molecule has 0 spiro atoms. The molecular formula is C67H40N4OS. The van der Waals surface area contributed by atoms with Crippen LogP contribution < -0.4 is 4.74 Å². The molecule has 0 unspecified atom stereocenters. The van der Waals surface area contributed by atoms with Crippen LogP contribution in [0.2, 0.25) is 0 Å². The Bertz CT molecular complexity index is 4810. The van der Waals surface area contributed by atoms with E-state index in [4.69, 9.17) is 14.7 Å². The predicted octanol–water partition coefficient (Wildman–Crippen LogP) is 17.9. The Morgan fingerprint density at radius 3 is 1.92 bits per heavy atom. The fraction of sp³-hybridized carbons (Fsp3) is 0.0149. The molecular weight excluding hydrogens is 909 g/mol. The van der Waals surface area contributed by atoms with Crippen LogP contribution in [0.25, 0.3) is 142 Å². The van der Waals surface area contributed by atoms with Crippen molar-refractivity contribution < 1.29 is 4.74 Å². The molecule has 0 bridgehead atoms. The van der Waals surface area contributed by atoms with E-state index < -0.39 is 0 Å². The summed E-state index contributed by atoms with van der Waals surface area (Å²) in [5.74, 6) is 1.54. The van der Waals surface area contributed by atoms with E-state index in [9.17, 15) is 0 Å². The largest absolute Gasteiger partial charge is 0.488 e. The van der Waals surface area contributed by atoms with Gasteiger partial charge in [-0.05, 0) is 118 Å². The van der Waals surface area contributed by atoms with Gasteiger partial charge in [-0.15, -0.1) is 11.3 Å². The van der Waals surface area contributed by atoms with Gasteiger partial charge in [-0.25, -0.2) is 9.97 Å². The molecule has 0 saturated heterocycles. The number of aromatic nitrogens is 4. The summed E-state index contributed by atoms with van der Waals surface area (Å²) in [6.45, 7) is 0.547. The van der Waals surface area contributed by atoms with Crippen LogP contribution in [0, 0.1) is 0 Å². The fourth-order valence-corrected chi connectivity index (χ4v) is 13.0. The van der Waals surface area contributed by atoms with E-state index in [1.54, 1.807) is 0 Å². The molecule has 0 fully saturated rings. The van der Waals surface area contributed by atoms with E-state index in [2.05, 4.69) is 240 Å². The molecule has 0 aliphatic carbocycles. The van der Waals surface area contributed by atoms with Gasteiger partial charge in [0.1, 0.15) is 12.4 Å². The quantitative estimate of drug-likeness (QED) is 0.173. The van der Waals surface area contributed by atoms with Crippen LogP contribution in [-0.4, -0.2) is 19.1 Å². The standard InChI is InChI=1S/C67H40N4OS/c1-2-18-46(19-3-1)70-58-24-12-10-22-50(58)51-29-26-44(35-60(51)70)57-38-56(43-28-31-62-53(33-43)48-20-8-7-17-45(48)39-72-62)68-67(69-57)55-36-47(37-64-66(55)52-23-11-13-25-63(52)73-64)71-59-30-27-40-14-6-9-21-49(40)65(59)54-32-41-15-4-5-16-42(41)34-61(54)71/h1-38H,39H2. The normalized spacial score (nSPS) is 12.4. The minimum Gasteiger partial charge on any atom is -0.488 e. The van der Waals surface area contributed by atoms with E-state index in [1.165, 1.54) is 69.0 Å². The van der Waals surface area contributed by atoms with E-state index >= 15 is 0 Å². The number of fused-ring (bicyclic) bond motifs is 15. The second-order valence-electron chi connectivity index (χ2n) is 19.2. The average molecular weight is 949 g/mol. The summed E-state index contributed by atoms with van der Waals surface area (Å²) in [5.41, 5.74) is 14.9. The number of thiophene rings is 1. The summed E-state index contributed by atoms with van der Waals surface area (Å²) in [5, 5.41) is 12.1. The molecule has 0 N–H and O–H groups in total. The zero-order valence-electron chi connectivity index (χ0n) is 39.3. The smallest absolute Gasteiger partial charge is 0.161 e. The number of hydrogen-bond acceptors (Lipinski definition) is 4. The summed E-state index contributed by atoms with van der Waals surface area (Å²) < 4.78 is 13.6. The van der Waals surface area contributed by atoms with E-state index in [0.717, 1.165) is 78.2 Å². The van der Waals surface area contributed by atoms with Crippen LogP contribution >= 0.6 is 11.3 Å². The van der Waals surface area contributed by atoms with Crippen molar-refractivity contribution in [3.63, 3.8) is 0 Å².